The van der Waals surface area contributed by atoms with E-state index in [4.69, 9.17) is 0 Å². The van der Waals surface area contributed by atoms with Gasteiger partial charge in [-0.1, -0.05) is 24.3 Å². The molecule has 7 heteroatoms. The van der Waals surface area contributed by atoms with Gasteiger partial charge in [0.15, 0.2) is 0 Å². The lowest BCUT2D eigenvalue weighted by atomic mass is 10.1. The monoisotopic (exact) mass is 408 g/mol. The van der Waals surface area contributed by atoms with E-state index in [1.807, 2.05) is 63.2 Å². The molecule has 2 aromatic carbocycles. The van der Waals surface area contributed by atoms with E-state index in [1.165, 1.54) is 0 Å². The quantitative estimate of drug-likeness (QED) is 0.683. The predicted octanol–water partition coefficient (Wildman–Crippen LogP) is 3.51. The maximum Gasteiger partial charge on any atom is 0.323 e. The third-order valence-electron chi connectivity index (χ3n) is 5.08. The van der Waals surface area contributed by atoms with E-state index in [0.717, 1.165) is 16.8 Å². The largest absolute Gasteiger partial charge is 0.352 e. The molecule has 3 N–H and O–H groups in total. The standard InChI is InChI=1S/C23H28N4O3/c1-15(2)27-14-18(12-21(27)28)22(29)24-13-17-7-5-9-20(11-17)26-23(30)25-19-8-4-6-16(3)10-19/h4-11,15,18H,12-14H2,1-3H3,(H,24,29)(H2,25,26,30). The molecule has 0 spiro atoms. The van der Waals surface area contributed by atoms with E-state index >= 15 is 0 Å². The number of amides is 4. The van der Waals surface area contributed by atoms with Crippen LogP contribution in [0.15, 0.2) is 48.5 Å². The summed E-state index contributed by atoms with van der Waals surface area (Å²) in [5, 5.41) is 8.50. The topological polar surface area (TPSA) is 90.5 Å². The third-order valence-corrected chi connectivity index (χ3v) is 5.08. The van der Waals surface area contributed by atoms with Crippen molar-refractivity contribution in [1.82, 2.24) is 10.2 Å². The minimum Gasteiger partial charge on any atom is -0.352 e. The minimum absolute atomic E-state index is 0.0240. The fourth-order valence-corrected chi connectivity index (χ4v) is 3.52. The Balaban J connectivity index is 1.52. The zero-order valence-electron chi connectivity index (χ0n) is 17.6. The van der Waals surface area contributed by atoms with Crippen molar-refractivity contribution >= 4 is 29.2 Å². The number of nitrogens with zero attached hydrogens (tertiary/aromatic N) is 1. The molecule has 158 valence electrons. The van der Waals surface area contributed by atoms with E-state index in [1.54, 1.807) is 11.0 Å². The van der Waals surface area contributed by atoms with Crippen LogP contribution in [0.25, 0.3) is 0 Å². The first-order valence-corrected chi connectivity index (χ1v) is 10.1. The molecule has 1 heterocycles. The van der Waals surface area contributed by atoms with E-state index < -0.39 is 0 Å². The van der Waals surface area contributed by atoms with Gasteiger partial charge in [0.2, 0.25) is 11.8 Å². The minimum atomic E-state index is -0.333. The highest BCUT2D eigenvalue weighted by atomic mass is 16.2. The summed E-state index contributed by atoms with van der Waals surface area (Å²) in [5.41, 5.74) is 3.28. The number of benzene rings is 2. The highest BCUT2D eigenvalue weighted by Gasteiger charge is 2.35. The van der Waals surface area contributed by atoms with Crippen LogP contribution in [-0.2, 0) is 16.1 Å². The number of aryl methyl sites for hydroxylation is 1. The van der Waals surface area contributed by atoms with Crippen LogP contribution in [0.4, 0.5) is 16.2 Å². The number of carbonyl (C=O) groups is 3. The number of rotatable bonds is 6. The summed E-state index contributed by atoms with van der Waals surface area (Å²) in [5.74, 6) is -0.417. The molecule has 1 aliphatic rings. The molecular weight excluding hydrogens is 380 g/mol. The Morgan fingerprint density at radius 2 is 1.73 bits per heavy atom. The van der Waals surface area contributed by atoms with Crippen molar-refractivity contribution < 1.29 is 14.4 Å². The molecule has 1 saturated heterocycles. The average molecular weight is 409 g/mol. The third kappa shape index (κ3) is 5.59. The van der Waals surface area contributed by atoms with Crippen molar-refractivity contribution in [3.63, 3.8) is 0 Å². The summed E-state index contributed by atoms with van der Waals surface area (Å²) in [4.78, 5) is 38.4. The zero-order chi connectivity index (χ0) is 21.7. The number of anilines is 2. The van der Waals surface area contributed by atoms with Crippen LogP contribution in [0.5, 0.6) is 0 Å². The van der Waals surface area contributed by atoms with Crippen molar-refractivity contribution in [3.05, 3.63) is 59.7 Å². The molecule has 0 radical (unpaired) electrons. The zero-order valence-corrected chi connectivity index (χ0v) is 17.6. The van der Waals surface area contributed by atoms with Gasteiger partial charge in [0.25, 0.3) is 0 Å². The highest BCUT2D eigenvalue weighted by molar-refractivity contribution is 5.99. The lowest BCUT2D eigenvalue weighted by molar-refractivity contribution is -0.130. The molecule has 2 aromatic rings. The van der Waals surface area contributed by atoms with E-state index in [-0.39, 0.29) is 36.2 Å². The molecule has 3 rings (SSSR count). The fraction of sp³-hybridized carbons (Fsp3) is 0.348. The molecule has 1 unspecified atom stereocenters. The maximum atomic E-state index is 12.5. The second-order valence-electron chi connectivity index (χ2n) is 7.91. The Morgan fingerprint density at radius 3 is 2.37 bits per heavy atom. The summed E-state index contributed by atoms with van der Waals surface area (Å²) in [7, 11) is 0. The van der Waals surface area contributed by atoms with Crippen LogP contribution < -0.4 is 16.0 Å². The normalized spacial score (nSPS) is 15.9. The summed E-state index contributed by atoms with van der Waals surface area (Å²) in [6.45, 7) is 6.66. The molecule has 0 aromatic heterocycles. The van der Waals surface area contributed by atoms with Gasteiger partial charge in [-0.2, -0.15) is 0 Å². The van der Waals surface area contributed by atoms with Gasteiger partial charge in [-0.25, -0.2) is 4.79 Å². The van der Waals surface area contributed by atoms with Gasteiger partial charge < -0.3 is 20.9 Å². The molecule has 1 atom stereocenters. The van der Waals surface area contributed by atoms with Gasteiger partial charge in [-0.05, 0) is 56.2 Å². The number of hydrogen-bond donors (Lipinski definition) is 3. The lowest BCUT2D eigenvalue weighted by Gasteiger charge is -2.20. The molecule has 0 aliphatic carbocycles. The Bertz CT molecular complexity index is 942. The first-order valence-electron chi connectivity index (χ1n) is 10.1. The maximum absolute atomic E-state index is 12.5. The Kier molecular flexibility index (Phi) is 6.72. The van der Waals surface area contributed by atoms with Crippen LogP contribution in [0.3, 0.4) is 0 Å². The molecule has 7 nitrogen and oxygen atoms in total. The Hall–Kier alpha value is -3.35. The van der Waals surface area contributed by atoms with Crippen LogP contribution in [-0.4, -0.2) is 35.3 Å². The molecule has 0 saturated carbocycles. The van der Waals surface area contributed by atoms with Gasteiger partial charge in [0.1, 0.15) is 0 Å². The first kappa shape index (κ1) is 21.4. The average Bonchev–Trinajstić information content (AvgIpc) is 3.08. The van der Waals surface area contributed by atoms with E-state index in [2.05, 4.69) is 16.0 Å². The number of nitrogens with one attached hydrogen (secondary N) is 3. The number of urea groups is 1. The number of hydrogen-bond acceptors (Lipinski definition) is 3. The van der Waals surface area contributed by atoms with E-state index in [9.17, 15) is 14.4 Å². The number of carbonyl (C=O) groups excluding carboxylic acids is 3. The fourth-order valence-electron chi connectivity index (χ4n) is 3.52. The highest BCUT2D eigenvalue weighted by Crippen LogP contribution is 2.20. The van der Waals surface area contributed by atoms with Crippen LogP contribution >= 0.6 is 0 Å². The summed E-state index contributed by atoms with van der Waals surface area (Å²) in [6, 6.07) is 14.6. The molecule has 30 heavy (non-hydrogen) atoms. The van der Waals surface area contributed by atoms with E-state index in [0.29, 0.717) is 18.8 Å². The summed E-state index contributed by atoms with van der Waals surface area (Å²) < 4.78 is 0. The molecule has 1 aliphatic heterocycles. The van der Waals surface area contributed by atoms with Crippen molar-refractivity contribution in [2.24, 2.45) is 5.92 Å². The summed E-state index contributed by atoms with van der Waals surface area (Å²) in [6.07, 6.45) is 0.255. The lowest BCUT2D eigenvalue weighted by Crippen LogP contribution is -2.35. The molecule has 4 amide bonds. The van der Waals surface area contributed by atoms with Crippen LogP contribution in [0.1, 0.15) is 31.4 Å². The van der Waals surface area contributed by atoms with Crippen LogP contribution in [0, 0.1) is 12.8 Å². The second kappa shape index (κ2) is 9.43. The van der Waals surface area contributed by atoms with Crippen molar-refractivity contribution in [3.8, 4) is 0 Å². The van der Waals surface area contributed by atoms with Gasteiger partial charge in [0, 0.05) is 36.9 Å². The van der Waals surface area contributed by atoms with Crippen molar-refractivity contribution in [2.75, 3.05) is 17.2 Å². The molecule has 1 fully saturated rings. The Labute approximate surface area is 176 Å². The predicted molar refractivity (Wildman–Crippen MR) is 117 cm³/mol. The van der Waals surface area contributed by atoms with Gasteiger partial charge in [0.05, 0.1) is 5.92 Å². The Morgan fingerprint density at radius 1 is 1.07 bits per heavy atom. The van der Waals surface area contributed by atoms with Crippen molar-refractivity contribution in [1.29, 1.82) is 0 Å². The molecule has 0 bridgehead atoms. The van der Waals surface area contributed by atoms with Gasteiger partial charge in [-0.3, -0.25) is 9.59 Å². The van der Waals surface area contributed by atoms with Crippen LogP contribution in [0.2, 0.25) is 0 Å². The van der Waals surface area contributed by atoms with Gasteiger partial charge in [-0.15, -0.1) is 0 Å². The number of likely N-dealkylation sites (tertiary alicyclic amines) is 1. The van der Waals surface area contributed by atoms with Crippen molar-refractivity contribution in [2.45, 2.75) is 39.8 Å². The first-order chi connectivity index (χ1) is 14.3. The second-order valence-corrected chi connectivity index (χ2v) is 7.91. The summed E-state index contributed by atoms with van der Waals surface area (Å²) >= 11 is 0. The smallest absolute Gasteiger partial charge is 0.323 e. The van der Waals surface area contributed by atoms with Gasteiger partial charge >= 0.3 is 6.03 Å². The molecular formula is C23H28N4O3. The SMILES string of the molecule is Cc1cccc(NC(=O)Nc2cccc(CNC(=O)C3CC(=O)N(C(C)C)C3)c2)c1.